The number of hydrogen-bond donors (Lipinski definition) is 1. The molecule has 0 atom stereocenters. The normalized spacial score (nSPS) is 10.9. The van der Waals surface area contributed by atoms with Crippen molar-refractivity contribution in [1.29, 1.82) is 0 Å². The van der Waals surface area contributed by atoms with E-state index in [0.717, 1.165) is 5.56 Å². The quantitative estimate of drug-likeness (QED) is 0.800. The van der Waals surface area contributed by atoms with E-state index in [1.54, 1.807) is 19.1 Å². The summed E-state index contributed by atoms with van der Waals surface area (Å²) in [6.07, 6.45) is 0.609. The number of phenols is 1. The molecule has 3 heteroatoms. The molecular weight excluding hydrogens is 204 g/mol. The van der Waals surface area contributed by atoms with E-state index in [1.165, 1.54) is 0 Å². The van der Waals surface area contributed by atoms with Gasteiger partial charge in [-0.05, 0) is 38.0 Å². The lowest BCUT2D eigenvalue weighted by Crippen LogP contribution is -2.10. The van der Waals surface area contributed by atoms with Crippen LogP contribution in [0, 0.1) is 13.8 Å². The Morgan fingerprint density at radius 1 is 1.31 bits per heavy atom. The minimum absolute atomic E-state index is 0.00144. The molecular formula is C13H14O3. The molecule has 0 spiro atoms. The molecule has 0 bridgehead atoms. The van der Waals surface area contributed by atoms with Crippen LogP contribution in [-0.2, 0) is 6.42 Å². The molecule has 2 rings (SSSR count). The number of hydrogen-bond acceptors (Lipinski definition) is 3. The third-order valence-corrected chi connectivity index (χ3v) is 2.77. The van der Waals surface area contributed by atoms with Crippen LogP contribution in [0.3, 0.4) is 0 Å². The zero-order chi connectivity index (χ0) is 11.9. The fraction of sp³-hybridized carbons (Fsp3) is 0.308. The maximum atomic E-state index is 12.1. The number of benzene rings is 1. The molecule has 0 saturated carbocycles. The van der Waals surface area contributed by atoms with Gasteiger partial charge in [0.25, 0.3) is 0 Å². The summed E-state index contributed by atoms with van der Waals surface area (Å²) < 4.78 is 5.57. The summed E-state index contributed by atoms with van der Waals surface area (Å²) in [4.78, 5) is 12.1. The van der Waals surface area contributed by atoms with Crippen molar-refractivity contribution in [2.24, 2.45) is 0 Å². The molecule has 16 heavy (non-hydrogen) atoms. The predicted octanol–water partition coefficient (Wildman–Crippen LogP) is 2.68. The zero-order valence-corrected chi connectivity index (χ0v) is 9.63. The Morgan fingerprint density at radius 2 is 2.00 bits per heavy atom. The van der Waals surface area contributed by atoms with Crippen molar-refractivity contribution >= 4 is 11.0 Å². The predicted molar refractivity (Wildman–Crippen MR) is 63.0 cm³/mol. The molecule has 0 saturated heterocycles. The van der Waals surface area contributed by atoms with Gasteiger partial charge < -0.3 is 9.52 Å². The number of fused-ring (bicyclic) bond motifs is 1. The topological polar surface area (TPSA) is 50.4 Å². The van der Waals surface area contributed by atoms with Crippen LogP contribution >= 0.6 is 0 Å². The second-order valence-corrected chi connectivity index (χ2v) is 3.98. The largest absolute Gasteiger partial charge is 0.507 e. The summed E-state index contributed by atoms with van der Waals surface area (Å²) in [6.45, 7) is 5.53. The zero-order valence-electron chi connectivity index (χ0n) is 9.63. The number of phenolic OH excluding ortho intramolecular Hbond substituents is 1. The fourth-order valence-corrected chi connectivity index (χ4v) is 1.99. The molecule has 0 fully saturated rings. The third kappa shape index (κ3) is 1.48. The van der Waals surface area contributed by atoms with Crippen LogP contribution in [0.2, 0.25) is 0 Å². The summed E-state index contributed by atoms with van der Waals surface area (Å²) >= 11 is 0. The molecule has 1 heterocycles. The van der Waals surface area contributed by atoms with Gasteiger partial charge in [-0.25, -0.2) is 0 Å². The number of rotatable bonds is 1. The van der Waals surface area contributed by atoms with Gasteiger partial charge in [-0.2, -0.15) is 0 Å². The van der Waals surface area contributed by atoms with Crippen LogP contribution < -0.4 is 5.43 Å². The summed E-state index contributed by atoms with van der Waals surface area (Å²) in [7, 11) is 0. The summed E-state index contributed by atoms with van der Waals surface area (Å²) in [6, 6.07) is 3.34. The van der Waals surface area contributed by atoms with Crippen molar-refractivity contribution in [3.63, 3.8) is 0 Å². The molecule has 3 nitrogen and oxygen atoms in total. The van der Waals surface area contributed by atoms with Gasteiger partial charge in [0.05, 0.1) is 0 Å². The van der Waals surface area contributed by atoms with Gasteiger partial charge >= 0.3 is 0 Å². The second kappa shape index (κ2) is 3.67. The average molecular weight is 218 g/mol. The molecule has 1 N–H and O–H groups in total. The van der Waals surface area contributed by atoms with Gasteiger partial charge in [0.15, 0.2) is 5.43 Å². The fourth-order valence-electron chi connectivity index (χ4n) is 1.99. The van der Waals surface area contributed by atoms with Crippen LogP contribution in [0.15, 0.2) is 21.3 Å². The van der Waals surface area contributed by atoms with E-state index in [0.29, 0.717) is 23.3 Å². The summed E-state index contributed by atoms with van der Waals surface area (Å²) in [5, 5.41) is 10.1. The first-order valence-corrected chi connectivity index (χ1v) is 5.30. The van der Waals surface area contributed by atoms with E-state index in [2.05, 4.69) is 0 Å². The first kappa shape index (κ1) is 10.7. The van der Waals surface area contributed by atoms with Gasteiger partial charge in [-0.15, -0.1) is 0 Å². The van der Waals surface area contributed by atoms with Gasteiger partial charge in [-0.3, -0.25) is 4.79 Å². The van der Waals surface area contributed by atoms with E-state index in [9.17, 15) is 9.90 Å². The molecule has 0 aliphatic carbocycles. The van der Waals surface area contributed by atoms with Crippen molar-refractivity contribution in [3.05, 3.63) is 39.2 Å². The monoisotopic (exact) mass is 218 g/mol. The molecule has 1 aromatic carbocycles. The lowest BCUT2D eigenvalue weighted by Gasteiger charge is -2.06. The molecule has 2 aromatic rings. The smallest absolute Gasteiger partial charge is 0.199 e. The van der Waals surface area contributed by atoms with E-state index in [4.69, 9.17) is 4.42 Å². The Morgan fingerprint density at radius 3 is 2.62 bits per heavy atom. The minimum atomic E-state index is -0.126. The minimum Gasteiger partial charge on any atom is -0.507 e. The number of aryl methyl sites for hydroxylation is 2. The summed E-state index contributed by atoms with van der Waals surface area (Å²) in [5.74, 6) is 0.628. The van der Waals surface area contributed by atoms with Crippen LogP contribution in [0.5, 0.6) is 5.75 Å². The van der Waals surface area contributed by atoms with Crippen LogP contribution in [0.4, 0.5) is 0 Å². The highest BCUT2D eigenvalue weighted by atomic mass is 16.3. The Labute approximate surface area is 93.3 Å². The molecule has 0 aliphatic rings. The first-order valence-electron chi connectivity index (χ1n) is 5.30. The Kier molecular flexibility index (Phi) is 2.46. The molecule has 84 valence electrons. The lowest BCUT2D eigenvalue weighted by atomic mass is 10.1. The summed E-state index contributed by atoms with van der Waals surface area (Å²) in [5.41, 5.74) is 1.83. The van der Waals surface area contributed by atoms with E-state index in [1.807, 2.05) is 13.8 Å². The molecule has 1 aromatic heterocycles. The van der Waals surface area contributed by atoms with Gasteiger partial charge in [0, 0.05) is 5.56 Å². The lowest BCUT2D eigenvalue weighted by molar-refractivity contribution is 0.477. The Hall–Kier alpha value is -1.77. The van der Waals surface area contributed by atoms with Crippen molar-refractivity contribution in [2.75, 3.05) is 0 Å². The average Bonchev–Trinajstić information content (AvgIpc) is 2.15. The second-order valence-electron chi connectivity index (χ2n) is 3.98. The van der Waals surface area contributed by atoms with E-state index >= 15 is 0 Å². The maximum Gasteiger partial charge on any atom is 0.199 e. The van der Waals surface area contributed by atoms with Gasteiger partial charge in [-0.1, -0.05) is 6.92 Å². The van der Waals surface area contributed by atoms with Crippen LogP contribution in [-0.4, -0.2) is 5.11 Å². The third-order valence-electron chi connectivity index (χ3n) is 2.77. The SMILES string of the molecule is CCc1c(C)oc2cc(C)cc(O)c2c1=O. The highest BCUT2D eigenvalue weighted by Crippen LogP contribution is 2.25. The molecule has 0 radical (unpaired) electrons. The van der Waals surface area contributed by atoms with Crippen LogP contribution in [0.25, 0.3) is 11.0 Å². The van der Waals surface area contributed by atoms with E-state index < -0.39 is 0 Å². The van der Waals surface area contributed by atoms with Crippen molar-refractivity contribution in [1.82, 2.24) is 0 Å². The molecule has 0 unspecified atom stereocenters. The van der Waals surface area contributed by atoms with Gasteiger partial charge in [0.1, 0.15) is 22.5 Å². The molecule has 0 aliphatic heterocycles. The van der Waals surface area contributed by atoms with Crippen molar-refractivity contribution in [3.8, 4) is 5.75 Å². The van der Waals surface area contributed by atoms with E-state index in [-0.39, 0.29) is 16.6 Å². The number of aromatic hydroxyl groups is 1. The Bertz CT molecular complexity index is 609. The highest BCUT2D eigenvalue weighted by Gasteiger charge is 2.13. The maximum absolute atomic E-state index is 12.1. The standard InChI is InChI=1S/C13H14O3/c1-4-9-8(3)16-11-6-7(2)5-10(14)12(11)13(9)15/h5-6,14H,4H2,1-3H3. The molecule has 0 amide bonds. The van der Waals surface area contributed by atoms with Crippen molar-refractivity contribution in [2.45, 2.75) is 27.2 Å². The Balaban J connectivity index is 2.99. The first-order chi connectivity index (χ1) is 7.54. The highest BCUT2D eigenvalue weighted by molar-refractivity contribution is 5.84. The van der Waals surface area contributed by atoms with Crippen LogP contribution in [0.1, 0.15) is 23.8 Å². The van der Waals surface area contributed by atoms with Crippen molar-refractivity contribution < 1.29 is 9.52 Å². The van der Waals surface area contributed by atoms with Gasteiger partial charge in [0.2, 0.25) is 0 Å².